The van der Waals surface area contributed by atoms with Gasteiger partial charge in [-0.3, -0.25) is 0 Å². The zero-order valence-corrected chi connectivity index (χ0v) is 8.19. The van der Waals surface area contributed by atoms with Gasteiger partial charge in [-0.05, 0) is 11.5 Å². The number of rotatable bonds is 0. The van der Waals surface area contributed by atoms with Crippen molar-refractivity contribution in [3.05, 3.63) is 0 Å². The average Bonchev–Trinajstić information content (AvgIpc) is 1.86. The standard InChI is InChI=1S/C9H18Si/c1-10(2)7-8-5-3-4-6-9(8)10/h8-9H,3-7H2,1-2H3/t8-,9-/m1/s1. The molecule has 1 saturated carbocycles. The Balaban J connectivity index is 2.01. The van der Waals surface area contributed by atoms with E-state index < -0.39 is 8.07 Å². The molecule has 0 radical (unpaired) electrons. The SMILES string of the molecule is C[Si]1(C)C[C@H]2CCCC[C@H]21. The van der Waals surface area contributed by atoms with E-state index in [4.69, 9.17) is 0 Å². The average molecular weight is 154 g/mol. The molecule has 0 amide bonds. The van der Waals surface area contributed by atoms with Gasteiger partial charge in [-0.15, -0.1) is 0 Å². The number of hydrogen-bond donors (Lipinski definition) is 0. The van der Waals surface area contributed by atoms with Crippen molar-refractivity contribution in [3.63, 3.8) is 0 Å². The van der Waals surface area contributed by atoms with E-state index in [2.05, 4.69) is 13.1 Å². The van der Waals surface area contributed by atoms with Crippen LogP contribution in [0.25, 0.3) is 0 Å². The predicted octanol–water partition coefficient (Wildman–Crippen LogP) is 3.27. The Bertz CT molecular complexity index is 140. The van der Waals surface area contributed by atoms with Gasteiger partial charge in [0.25, 0.3) is 0 Å². The molecule has 10 heavy (non-hydrogen) atoms. The van der Waals surface area contributed by atoms with Crippen molar-refractivity contribution in [1.29, 1.82) is 0 Å². The van der Waals surface area contributed by atoms with Crippen LogP contribution >= 0.6 is 0 Å². The van der Waals surface area contributed by atoms with Gasteiger partial charge < -0.3 is 0 Å². The number of hydrogen-bond acceptors (Lipinski definition) is 0. The van der Waals surface area contributed by atoms with Crippen LogP contribution in [0.2, 0.25) is 24.7 Å². The summed E-state index contributed by atoms with van der Waals surface area (Å²) in [5.41, 5.74) is 1.24. The van der Waals surface area contributed by atoms with Gasteiger partial charge in [0, 0.05) is 0 Å². The monoisotopic (exact) mass is 154 g/mol. The summed E-state index contributed by atoms with van der Waals surface area (Å²) in [6.07, 6.45) is 6.23. The molecular formula is C9H18Si. The van der Waals surface area contributed by atoms with Crippen molar-refractivity contribution in [2.75, 3.05) is 0 Å². The van der Waals surface area contributed by atoms with Crippen LogP contribution in [-0.2, 0) is 0 Å². The second-order valence-corrected chi connectivity index (χ2v) is 9.97. The Labute approximate surface area is 65.0 Å². The van der Waals surface area contributed by atoms with Gasteiger partial charge in [-0.25, -0.2) is 0 Å². The van der Waals surface area contributed by atoms with Crippen molar-refractivity contribution in [2.24, 2.45) is 5.92 Å². The van der Waals surface area contributed by atoms with E-state index in [1.165, 1.54) is 24.3 Å². The predicted molar refractivity (Wildman–Crippen MR) is 48.0 cm³/mol. The zero-order valence-electron chi connectivity index (χ0n) is 7.19. The molecule has 0 aromatic rings. The summed E-state index contributed by atoms with van der Waals surface area (Å²) >= 11 is 0. The van der Waals surface area contributed by atoms with Gasteiger partial charge in [0.15, 0.2) is 0 Å². The fraction of sp³-hybridized carbons (Fsp3) is 1.00. The minimum atomic E-state index is -0.613. The molecule has 2 rings (SSSR count). The first-order chi connectivity index (χ1) is 4.70. The van der Waals surface area contributed by atoms with Crippen LogP contribution in [0.5, 0.6) is 0 Å². The molecular weight excluding hydrogens is 136 g/mol. The summed E-state index contributed by atoms with van der Waals surface area (Å²) in [5.74, 6) is 1.19. The van der Waals surface area contributed by atoms with Crippen molar-refractivity contribution < 1.29 is 0 Å². The van der Waals surface area contributed by atoms with Gasteiger partial charge in [-0.2, -0.15) is 0 Å². The van der Waals surface area contributed by atoms with Crippen LogP contribution in [0.1, 0.15) is 25.7 Å². The second-order valence-electron chi connectivity index (χ2n) is 4.84. The normalized spacial score (nSPS) is 43.8. The summed E-state index contributed by atoms with van der Waals surface area (Å²) in [5, 5.41) is 0. The highest BCUT2D eigenvalue weighted by Gasteiger charge is 2.48. The van der Waals surface area contributed by atoms with E-state index in [1.54, 1.807) is 18.9 Å². The maximum Gasteiger partial charge on any atom is 0.0510 e. The third-order valence-corrected chi connectivity index (χ3v) is 8.05. The third-order valence-electron chi connectivity index (χ3n) is 3.70. The maximum atomic E-state index is 2.58. The minimum Gasteiger partial charge on any atom is -0.0691 e. The fourth-order valence-corrected chi connectivity index (χ4v) is 7.40. The summed E-state index contributed by atoms with van der Waals surface area (Å²) < 4.78 is 0. The van der Waals surface area contributed by atoms with E-state index in [0.717, 1.165) is 0 Å². The van der Waals surface area contributed by atoms with E-state index in [-0.39, 0.29) is 0 Å². The Morgan fingerprint density at radius 1 is 1.10 bits per heavy atom. The highest BCUT2D eigenvalue weighted by atomic mass is 28.3. The molecule has 1 heteroatoms. The summed E-state index contributed by atoms with van der Waals surface area (Å²) in [6.45, 7) is 5.17. The zero-order chi connectivity index (χ0) is 7.19. The second kappa shape index (κ2) is 2.10. The molecule has 1 saturated heterocycles. The van der Waals surface area contributed by atoms with E-state index in [1.807, 2.05) is 0 Å². The van der Waals surface area contributed by atoms with Gasteiger partial charge in [0.05, 0.1) is 8.07 Å². The van der Waals surface area contributed by atoms with Crippen LogP contribution in [-0.4, -0.2) is 8.07 Å². The van der Waals surface area contributed by atoms with Crippen LogP contribution in [0.15, 0.2) is 0 Å². The lowest BCUT2D eigenvalue weighted by atomic mass is 9.89. The quantitative estimate of drug-likeness (QED) is 0.470. The van der Waals surface area contributed by atoms with Crippen LogP contribution in [0.3, 0.4) is 0 Å². The van der Waals surface area contributed by atoms with Crippen molar-refractivity contribution in [1.82, 2.24) is 0 Å². The molecule has 1 aliphatic carbocycles. The van der Waals surface area contributed by atoms with Crippen LogP contribution in [0.4, 0.5) is 0 Å². The van der Waals surface area contributed by atoms with Crippen LogP contribution in [0, 0.1) is 5.92 Å². The Kier molecular flexibility index (Phi) is 1.45. The summed E-state index contributed by atoms with van der Waals surface area (Å²) in [7, 11) is -0.613. The van der Waals surface area contributed by atoms with Crippen LogP contribution < -0.4 is 0 Å². The molecule has 2 fully saturated rings. The van der Waals surface area contributed by atoms with E-state index in [0.29, 0.717) is 0 Å². The van der Waals surface area contributed by atoms with Gasteiger partial charge in [0.1, 0.15) is 0 Å². The minimum absolute atomic E-state index is 0.613. The number of fused-ring (bicyclic) bond motifs is 1. The highest BCUT2D eigenvalue weighted by Crippen LogP contribution is 2.55. The lowest BCUT2D eigenvalue weighted by Crippen LogP contribution is -2.50. The van der Waals surface area contributed by atoms with Gasteiger partial charge in [0.2, 0.25) is 0 Å². The molecule has 0 unspecified atom stereocenters. The lowest BCUT2D eigenvalue weighted by molar-refractivity contribution is 0.330. The molecule has 1 aliphatic heterocycles. The Morgan fingerprint density at radius 2 is 1.80 bits per heavy atom. The first kappa shape index (κ1) is 6.90. The summed E-state index contributed by atoms with van der Waals surface area (Å²) in [6, 6.07) is 1.65. The van der Waals surface area contributed by atoms with Gasteiger partial charge in [-0.1, -0.05) is 44.8 Å². The summed E-state index contributed by atoms with van der Waals surface area (Å²) in [4.78, 5) is 0. The fourth-order valence-electron chi connectivity index (χ4n) is 3.15. The molecule has 58 valence electrons. The molecule has 0 aromatic carbocycles. The smallest absolute Gasteiger partial charge is 0.0510 e. The third kappa shape index (κ3) is 0.867. The van der Waals surface area contributed by atoms with Crippen molar-refractivity contribution >= 4 is 8.07 Å². The maximum absolute atomic E-state index is 2.58. The van der Waals surface area contributed by atoms with E-state index in [9.17, 15) is 0 Å². The first-order valence-corrected chi connectivity index (χ1v) is 7.98. The largest absolute Gasteiger partial charge is 0.0691 e. The molecule has 2 aliphatic rings. The van der Waals surface area contributed by atoms with Crippen molar-refractivity contribution in [3.8, 4) is 0 Å². The highest BCUT2D eigenvalue weighted by molar-refractivity contribution is 6.81. The molecule has 1 heterocycles. The lowest BCUT2D eigenvalue weighted by Gasteiger charge is -2.53. The molecule has 2 atom stereocenters. The molecule has 0 bridgehead atoms. The molecule has 0 spiro atoms. The first-order valence-electron chi connectivity index (χ1n) is 4.70. The van der Waals surface area contributed by atoms with Gasteiger partial charge >= 0.3 is 0 Å². The molecule has 0 nitrogen and oxygen atoms in total. The van der Waals surface area contributed by atoms with Crippen molar-refractivity contribution in [2.45, 2.75) is 50.4 Å². The topological polar surface area (TPSA) is 0 Å². The Morgan fingerprint density at radius 3 is 2.30 bits per heavy atom. The Hall–Kier alpha value is 0.217. The molecule has 0 aromatic heterocycles. The van der Waals surface area contributed by atoms with E-state index >= 15 is 0 Å². The molecule has 0 N–H and O–H groups in total.